The molecule has 0 N–H and O–H groups in total. The van der Waals surface area contributed by atoms with E-state index in [1.54, 1.807) is 12.3 Å². The highest BCUT2D eigenvalue weighted by Crippen LogP contribution is 2.23. The Labute approximate surface area is 179 Å². The molecule has 5 nitrogen and oxygen atoms in total. The SMILES string of the molecule is CC[C@@H](C)Oc1cccc(C=Nn2c(C(C)(C)C)nc3ccc(Br)cc3c2=O)c1. The Morgan fingerprint density at radius 3 is 2.69 bits per heavy atom. The van der Waals surface area contributed by atoms with E-state index in [-0.39, 0.29) is 17.1 Å². The van der Waals surface area contributed by atoms with Crippen LogP contribution >= 0.6 is 15.9 Å². The van der Waals surface area contributed by atoms with Gasteiger partial charge in [-0.3, -0.25) is 4.79 Å². The normalized spacial score (nSPS) is 13.2. The first-order valence-electron chi connectivity index (χ1n) is 9.73. The summed E-state index contributed by atoms with van der Waals surface area (Å²) in [6.45, 7) is 10.2. The predicted molar refractivity (Wildman–Crippen MR) is 122 cm³/mol. The second kappa shape index (κ2) is 8.49. The standard InChI is InChI=1S/C23H26BrN3O2/c1-6-15(2)29-18-9-7-8-16(12-18)14-25-27-21(28)19-13-17(24)10-11-20(19)26-22(27)23(3,4)5/h7-15H,6H2,1-5H3/t15-/m1/s1. The molecule has 152 valence electrons. The van der Waals surface area contributed by atoms with Gasteiger partial charge >= 0.3 is 0 Å². The Kier molecular flexibility index (Phi) is 6.22. The smallest absolute Gasteiger partial charge is 0.282 e. The third-order valence-corrected chi connectivity index (χ3v) is 5.06. The highest BCUT2D eigenvalue weighted by atomic mass is 79.9. The van der Waals surface area contributed by atoms with E-state index >= 15 is 0 Å². The summed E-state index contributed by atoms with van der Waals surface area (Å²) in [4.78, 5) is 17.9. The van der Waals surface area contributed by atoms with Crippen molar-refractivity contribution in [1.82, 2.24) is 9.66 Å². The summed E-state index contributed by atoms with van der Waals surface area (Å²) in [7, 11) is 0. The number of ether oxygens (including phenoxy) is 1. The number of rotatable bonds is 5. The summed E-state index contributed by atoms with van der Waals surface area (Å²) in [5, 5.41) is 5.03. The third kappa shape index (κ3) is 4.93. The molecule has 29 heavy (non-hydrogen) atoms. The van der Waals surface area contributed by atoms with Gasteiger partial charge in [-0.2, -0.15) is 9.78 Å². The molecule has 0 spiro atoms. The molecule has 0 radical (unpaired) electrons. The zero-order valence-electron chi connectivity index (χ0n) is 17.4. The lowest BCUT2D eigenvalue weighted by atomic mass is 9.95. The van der Waals surface area contributed by atoms with Crippen LogP contribution in [0.4, 0.5) is 0 Å². The summed E-state index contributed by atoms with van der Waals surface area (Å²) in [6.07, 6.45) is 2.74. The quantitative estimate of drug-likeness (QED) is 0.476. The van der Waals surface area contributed by atoms with Gasteiger partial charge in [0.05, 0.1) is 23.2 Å². The van der Waals surface area contributed by atoms with Gasteiger partial charge in [0.25, 0.3) is 5.56 Å². The second-order valence-electron chi connectivity index (χ2n) is 8.12. The average molecular weight is 456 g/mol. The zero-order chi connectivity index (χ0) is 21.2. The van der Waals surface area contributed by atoms with Crippen LogP contribution in [0.25, 0.3) is 10.9 Å². The predicted octanol–water partition coefficient (Wildman–Crippen LogP) is 5.52. The molecule has 3 aromatic rings. The Bertz CT molecular complexity index is 1110. The molecule has 0 amide bonds. The highest BCUT2D eigenvalue weighted by Gasteiger charge is 2.22. The van der Waals surface area contributed by atoms with Crippen molar-refractivity contribution in [2.45, 2.75) is 52.6 Å². The van der Waals surface area contributed by atoms with Crippen LogP contribution in [-0.2, 0) is 5.41 Å². The summed E-state index contributed by atoms with van der Waals surface area (Å²) >= 11 is 3.43. The number of nitrogens with zero attached hydrogens (tertiary/aromatic N) is 3. The van der Waals surface area contributed by atoms with Gasteiger partial charge in [0.1, 0.15) is 11.6 Å². The Balaban J connectivity index is 2.08. The maximum absolute atomic E-state index is 13.2. The van der Waals surface area contributed by atoms with Crippen LogP contribution in [0.1, 0.15) is 52.4 Å². The molecule has 0 saturated heterocycles. The van der Waals surface area contributed by atoms with E-state index in [1.165, 1.54) is 4.68 Å². The van der Waals surface area contributed by atoms with Crippen LogP contribution in [0, 0.1) is 0 Å². The van der Waals surface area contributed by atoms with E-state index in [0.29, 0.717) is 16.7 Å². The van der Waals surface area contributed by atoms with Crippen LogP contribution in [-0.4, -0.2) is 22.0 Å². The first-order valence-corrected chi connectivity index (χ1v) is 10.5. The van der Waals surface area contributed by atoms with Gasteiger partial charge in [0.15, 0.2) is 0 Å². The molecule has 0 unspecified atom stereocenters. The summed E-state index contributed by atoms with van der Waals surface area (Å²) in [5.74, 6) is 1.40. The molecule has 0 aliphatic rings. The Morgan fingerprint density at radius 1 is 1.24 bits per heavy atom. The van der Waals surface area contributed by atoms with Crippen molar-refractivity contribution in [2.24, 2.45) is 5.10 Å². The van der Waals surface area contributed by atoms with Crippen LogP contribution in [0.5, 0.6) is 5.75 Å². The van der Waals surface area contributed by atoms with Gasteiger partial charge in [0, 0.05) is 9.89 Å². The highest BCUT2D eigenvalue weighted by molar-refractivity contribution is 9.10. The molecule has 1 atom stereocenters. The fourth-order valence-electron chi connectivity index (χ4n) is 2.85. The molecule has 1 heterocycles. The van der Waals surface area contributed by atoms with Crippen molar-refractivity contribution in [1.29, 1.82) is 0 Å². The van der Waals surface area contributed by atoms with Gasteiger partial charge < -0.3 is 4.74 Å². The maximum atomic E-state index is 13.2. The molecule has 0 aliphatic heterocycles. The number of fused-ring (bicyclic) bond motifs is 1. The second-order valence-corrected chi connectivity index (χ2v) is 9.03. The lowest BCUT2D eigenvalue weighted by Gasteiger charge is -2.20. The Morgan fingerprint density at radius 2 is 2.00 bits per heavy atom. The summed E-state index contributed by atoms with van der Waals surface area (Å²) in [6, 6.07) is 13.2. The van der Waals surface area contributed by atoms with Crippen LogP contribution in [0.15, 0.2) is 56.8 Å². The van der Waals surface area contributed by atoms with Gasteiger partial charge in [-0.05, 0) is 49.2 Å². The number of hydrogen-bond donors (Lipinski definition) is 0. The largest absolute Gasteiger partial charge is 0.491 e. The van der Waals surface area contributed by atoms with E-state index in [9.17, 15) is 4.79 Å². The van der Waals surface area contributed by atoms with Gasteiger partial charge in [-0.1, -0.05) is 55.8 Å². The number of hydrogen-bond acceptors (Lipinski definition) is 4. The van der Waals surface area contributed by atoms with E-state index in [2.05, 4.69) is 28.0 Å². The first-order chi connectivity index (χ1) is 13.7. The van der Waals surface area contributed by atoms with Crippen LogP contribution in [0.2, 0.25) is 0 Å². The summed E-state index contributed by atoms with van der Waals surface area (Å²) in [5.41, 5.74) is 0.981. The number of benzene rings is 2. The average Bonchev–Trinajstić information content (AvgIpc) is 2.67. The summed E-state index contributed by atoms with van der Waals surface area (Å²) < 4.78 is 8.11. The van der Waals surface area contributed by atoms with Crippen LogP contribution < -0.4 is 10.3 Å². The van der Waals surface area contributed by atoms with E-state index in [1.807, 2.05) is 64.1 Å². The molecular formula is C23H26BrN3O2. The minimum atomic E-state index is -0.348. The molecule has 2 aromatic carbocycles. The van der Waals surface area contributed by atoms with E-state index < -0.39 is 0 Å². The molecule has 0 fully saturated rings. The minimum Gasteiger partial charge on any atom is -0.491 e. The van der Waals surface area contributed by atoms with E-state index in [4.69, 9.17) is 9.72 Å². The van der Waals surface area contributed by atoms with Crippen molar-refractivity contribution < 1.29 is 4.74 Å². The molecule has 0 bridgehead atoms. The van der Waals surface area contributed by atoms with Crippen molar-refractivity contribution >= 4 is 33.0 Å². The van der Waals surface area contributed by atoms with E-state index in [0.717, 1.165) is 22.2 Å². The molecule has 1 aromatic heterocycles. The molecule has 0 aliphatic carbocycles. The monoisotopic (exact) mass is 455 g/mol. The van der Waals surface area contributed by atoms with Crippen LogP contribution in [0.3, 0.4) is 0 Å². The van der Waals surface area contributed by atoms with Crippen molar-refractivity contribution in [3.63, 3.8) is 0 Å². The molecule has 6 heteroatoms. The third-order valence-electron chi connectivity index (χ3n) is 4.57. The zero-order valence-corrected chi connectivity index (χ0v) is 19.0. The topological polar surface area (TPSA) is 56.5 Å². The first kappa shape index (κ1) is 21.2. The molecule has 0 saturated carbocycles. The lowest BCUT2D eigenvalue weighted by molar-refractivity contribution is 0.217. The maximum Gasteiger partial charge on any atom is 0.282 e. The van der Waals surface area contributed by atoms with Crippen molar-refractivity contribution in [2.75, 3.05) is 0 Å². The van der Waals surface area contributed by atoms with Gasteiger partial charge in [0.2, 0.25) is 0 Å². The fourth-order valence-corrected chi connectivity index (χ4v) is 3.21. The Hall–Kier alpha value is -2.47. The number of aromatic nitrogens is 2. The van der Waals surface area contributed by atoms with Gasteiger partial charge in [-0.25, -0.2) is 4.98 Å². The minimum absolute atomic E-state index is 0.139. The number of halogens is 1. The van der Waals surface area contributed by atoms with Crippen molar-refractivity contribution in [3.8, 4) is 5.75 Å². The molecular weight excluding hydrogens is 430 g/mol. The lowest BCUT2D eigenvalue weighted by Crippen LogP contribution is -2.29. The fraction of sp³-hybridized carbons (Fsp3) is 0.348. The van der Waals surface area contributed by atoms with Crippen molar-refractivity contribution in [3.05, 3.63) is 68.7 Å². The molecule has 3 rings (SSSR count). The van der Waals surface area contributed by atoms with Gasteiger partial charge in [-0.15, -0.1) is 0 Å².